The van der Waals surface area contributed by atoms with Crippen molar-refractivity contribution < 1.29 is 9.90 Å². The first kappa shape index (κ1) is 13.1. The van der Waals surface area contributed by atoms with Gasteiger partial charge in [0.2, 0.25) is 0 Å². The van der Waals surface area contributed by atoms with E-state index in [4.69, 9.17) is 16.7 Å². The van der Waals surface area contributed by atoms with Gasteiger partial charge in [0.05, 0.1) is 4.88 Å². The minimum Gasteiger partial charge on any atom is -0.480 e. The van der Waals surface area contributed by atoms with E-state index in [1.165, 1.54) is 11.3 Å². The molecule has 18 heavy (non-hydrogen) atoms. The molecule has 8 heteroatoms. The third-order valence-corrected chi connectivity index (χ3v) is 3.81. The van der Waals surface area contributed by atoms with Crippen LogP contribution in [0.4, 0.5) is 0 Å². The molecule has 98 valence electrons. The van der Waals surface area contributed by atoms with E-state index in [2.05, 4.69) is 9.98 Å². The lowest BCUT2D eigenvalue weighted by Crippen LogP contribution is -2.40. The Kier molecular flexibility index (Phi) is 3.72. The Balaban J connectivity index is 2.14. The number of carboxylic acid groups (broad SMARTS) is 1. The summed E-state index contributed by atoms with van der Waals surface area (Å²) in [4.78, 5) is 23.7. The molecular weight excluding hydrogens is 276 g/mol. The summed E-state index contributed by atoms with van der Waals surface area (Å²) in [5.74, 6) is -0.204. The Bertz CT molecular complexity index is 490. The maximum Gasteiger partial charge on any atom is 0.323 e. The molecule has 1 unspecified atom stereocenters. The van der Waals surface area contributed by atoms with E-state index in [-0.39, 0.29) is 12.6 Å². The number of rotatable bonds is 3. The predicted octanol–water partition coefficient (Wildman–Crippen LogP) is 1.16. The molecule has 0 amide bonds. The second-order valence-corrected chi connectivity index (χ2v) is 5.74. The van der Waals surface area contributed by atoms with Crippen LogP contribution in [-0.2, 0) is 4.79 Å². The lowest BCUT2D eigenvalue weighted by Gasteiger charge is -2.22. The fourth-order valence-corrected chi connectivity index (χ4v) is 2.84. The molecule has 6 nitrogen and oxygen atoms in total. The predicted molar refractivity (Wildman–Crippen MR) is 70.2 cm³/mol. The van der Waals surface area contributed by atoms with E-state index in [1.54, 1.807) is 18.1 Å². The van der Waals surface area contributed by atoms with Gasteiger partial charge in [-0.15, -0.1) is 11.3 Å². The van der Waals surface area contributed by atoms with Crippen LogP contribution in [0.25, 0.3) is 0 Å². The van der Waals surface area contributed by atoms with Crippen molar-refractivity contribution in [1.29, 1.82) is 0 Å². The minimum absolute atomic E-state index is 0.0220. The molecule has 0 saturated carbocycles. The quantitative estimate of drug-likeness (QED) is 0.904. The number of carbonyl (C=O) groups is 1. The van der Waals surface area contributed by atoms with Crippen molar-refractivity contribution in [1.82, 2.24) is 14.8 Å². The molecule has 0 spiro atoms. The van der Waals surface area contributed by atoms with Gasteiger partial charge in [-0.3, -0.25) is 4.79 Å². The Labute approximate surface area is 114 Å². The highest BCUT2D eigenvalue weighted by Crippen LogP contribution is 2.30. The number of hydrogen-bond donors (Lipinski definition) is 1. The Morgan fingerprint density at radius 2 is 2.50 bits per heavy atom. The third kappa shape index (κ3) is 2.73. The highest BCUT2D eigenvalue weighted by Gasteiger charge is 2.27. The number of hydrogen-bond acceptors (Lipinski definition) is 6. The van der Waals surface area contributed by atoms with Crippen molar-refractivity contribution in [3.05, 3.63) is 15.5 Å². The summed E-state index contributed by atoms with van der Waals surface area (Å²) in [6.07, 6.45) is 1.72. The first-order valence-corrected chi connectivity index (χ1v) is 6.50. The van der Waals surface area contributed by atoms with Gasteiger partial charge in [-0.05, 0) is 0 Å². The number of likely N-dealkylation sites (N-methyl/N-ethyl adjacent to an activating group) is 2. The van der Waals surface area contributed by atoms with Crippen molar-refractivity contribution in [3.63, 3.8) is 0 Å². The molecule has 1 aromatic heterocycles. The average molecular weight is 289 g/mol. The van der Waals surface area contributed by atoms with Crippen molar-refractivity contribution in [3.8, 4) is 0 Å². The van der Waals surface area contributed by atoms with Gasteiger partial charge in [0.15, 0.2) is 10.4 Å². The van der Waals surface area contributed by atoms with E-state index in [0.29, 0.717) is 17.0 Å². The molecule has 2 rings (SSSR count). The van der Waals surface area contributed by atoms with Crippen LogP contribution in [0.2, 0.25) is 4.47 Å². The summed E-state index contributed by atoms with van der Waals surface area (Å²) < 4.78 is 0.496. The highest BCUT2D eigenvalue weighted by molar-refractivity contribution is 7.15. The van der Waals surface area contributed by atoms with Gasteiger partial charge in [-0.1, -0.05) is 11.6 Å². The van der Waals surface area contributed by atoms with Crippen molar-refractivity contribution in [2.75, 3.05) is 27.2 Å². The maximum atomic E-state index is 10.7. The van der Waals surface area contributed by atoms with Gasteiger partial charge in [0, 0.05) is 26.8 Å². The van der Waals surface area contributed by atoms with Gasteiger partial charge < -0.3 is 14.9 Å². The Morgan fingerprint density at radius 3 is 3.06 bits per heavy atom. The molecule has 0 aromatic carbocycles. The van der Waals surface area contributed by atoms with Gasteiger partial charge >= 0.3 is 5.97 Å². The van der Waals surface area contributed by atoms with Crippen molar-refractivity contribution >= 4 is 34.9 Å². The van der Waals surface area contributed by atoms with E-state index in [0.717, 1.165) is 4.88 Å². The SMILES string of the molecule is CN(CC(=O)O)C1=NC(c2cnc(Cl)s2)CN1C. The summed E-state index contributed by atoms with van der Waals surface area (Å²) in [5, 5.41) is 8.78. The number of nitrogens with zero attached hydrogens (tertiary/aromatic N) is 4. The molecule has 1 aliphatic heterocycles. The highest BCUT2D eigenvalue weighted by atomic mass is 35.5. The molecule has 0 radical (unpaired) electrons. The molecule has 1 aliphatic rings. The zero-order valence-corrected chi connectivity index (χ0v) is 11.6. The normalized spacial score (nSPS) is 18.9. The van der Waals surface area contributed by atoms with E-state index in [9.17, 15) is 4.79 Å². The zero-order valence-electron chi connectivity index (χ0n) is 10.00. The first-order chi connectivity index (χ1) is 8.47. The van der Waals surface area contributed by atoms with E-state index >= 15 is 0 Å². The standard InChI is InChI=1S/C10H13ClN4O2S/c1-14-4-6(7-3-12-9(11)18-7)13-10(14)15(2)5-8(16)17/h3,6H,4-5H2,1-2H3,(H,16,17). The van der Waals surface area contributed by atoms with Gasteiger partial charge in [-0.2, -0.15) is 0 Å². The smallest absolute Gasteiger partial charge is 0.323 e. The van der Waals surface area contributed by atoms with Crippen LogP contribution in [0, 0.1) is 0 Å². The average Bonchev–Trinajstić information content (AvgIpc) is 2.83. The lowest BCUT2D eigenvalue weighted by atomic mass is 10.3. The number of halogens is 1. The number of aromatic nitrogens is 1. The summed E-state index contributed by atoms with van der Waals surface area (Å²) >= 11 is 7.20. The van der Waals surface area contributed by atoms with Crippen LogP contribution in [-0.4, -0.2) is 59.0 Å². The lowest BCUT2D eigenvalue weighted by molar-refractivity contribution is -0.137. The number of thiazole rings is 1. The van der Waals surface area contributed by atoms with Crippen LogP contribution in [0.5, 0.6) is 0 Å². The zero-order chi connectivity index (χ0) is 13.3. The number of carboxylic acids is 1. The minimum atomic E-state index is -0.877. The molecule has 2 heterocycles. The fourth-order valence-electron chi connectivity index (χ4n) is 1.86. The number of guanidine groups is 1. The fraction of sp³-hybridized carbons (Fsp3) is 0.500. The second-order valence-electron chi connectivity index (χ2n) is 4.09. The largest absolute Gasteiger partial charge is 0.480 e. The molecule has 1 N–H and O–H groups in total. The number of aliphatic carboxylic acids is 1. The molecule has 1 aromatic rings. The molecule has 0 bridgehead atoms. The molecular formula is C10H13ClN4O2S. The van der Waals surface area contributed by atoms with Crippen molar-refractivity contribution in [2.45, 2.75) is 6.04 Å². The second kappa shape index (κ2) is 5.11. The number of aliphatic imine (C=N–C) groups is 1. The van der Waals surface area contributed by atoms with Crippen LogP contribution in [0.15, 0.2) is 11.2 Å². The van der Waals surface area contributed by atoms with Crippen molar-refractivity contribution in [2.24, 2.45) is 4.99 Å². The summed E-state index contributed by atoms with van der Waals surface area (Å²) in [6.45, 7) is 0.636. The van der Waals surface area contributed by atoms with Gasteiger partial charge in [0.25, 0.3) is 0 Å². The van der Waals surface area contributed by atoms with Crippen LogP contribution < -0.4 is 0 Å². The Morgan fingerprint density at radius 1 is 1.78 bits per heavy atom. The summed E-state index contributed by atoms with van der Waals surface area (Å²) in [7, 11) is 3.60. The topological polar surface area (TPSA) is 69.0 Å². The van der Waals surface area contributed by atoms with E-state index in [1.807, 2.05) is 11.9 Å². The Hall–Kier alpha value is -1.34. The summed E-state index contributed by atoms with van der Waals surface area (Å²) in [5.41, 5.74) is 0. The monoisotopic (exact) mass is 288 g/mol. The molecule has 0 aliphatic carbocycles. The third-order valence-electron chi connectivity index (χ3n) is 2.60. The van der Waals surface area contributed by atoms with Crippen LogP contribution >= 0.6 is 22.9 Å². The van der Waals surface area contributed by atoms with Crippen LogP contribution in [0.1, 0.15) is 10.9 Å². The van der Waals surface area contributed by atoms with Crippen LogP contribution in [0.3, 0.4) is 0 Å². The van der Waals surface area contributed by atoms with Gasteiger partial charge in [0.1, 0.15) is 12.6 Å². The molecule has 1 atom stereocenters. The summed E-state index contributed by atoms with van der Waals surface area (Å²) in [6, 6.07) is -0.0220. The maximum absolute atomic E-state index is 10.7. The molecule has 0 fully saturated rings. The first-order valence-electron chi connectivity index (χ1n) is 5.30. The molecule has 0 saturated heterocycles. The van der Waals surface area contributed by atoms with Gasteiger partial charge in [-0.25, -0.2) is 9.98 Å². The van der Waals surface area contributed by atoms with E-state index < -0.39 is 5.97 Å².